The number of aryl methyl sites for hydroxylation is 1. The van der Waals surface area contributed by atoms with Crippen molar-refractivity contribution in [2.75, 3.05) is 5.32 Å². The van der Waals surface area contributed by atoms with Crippen molar-refractivity contribution in [1.82, 2.24) is 15.0 Å². The first kappa shape index (κ1) is 22.8. The average molecular weight is 398 g/mol. The van der Waals surface area contributed by atoms with Gasteiger partial charge in [-0.2, -0.15) is 9.97 Å². The number of carbonyl (C=O) groups is 1. The Hall–Kier alpha value is -2.50. The lowest BCUT2D eigenvalue weighted by molar-refractivity contribution is 0.259. The van der Waals surface area contributed by atoms with Gasteiger partial charge in [-0.3, -0.25) is 5.32 Å². The lowest BCUT2D eigenvalue weighted by Gasteiger charge is -2.07. The molecule has 1 aromatic carbocycles. The van der Waals surface area contributed by atoms with E-state index >= 15 is 0 Å². The van der Waals surface area contributed by atoms with Crippen LogP contribution in [0, 0.1) is 0 Å². The van der Waals surface area contributed by atoms with Gasteiger partial charge in [0.05, 0.1) is 0 Å². The Labute approximate surface area is 174 Å². The van der Waals surface area contributed by atoms with Crippen LogP contribution in [0.2, 0.25) is 0 Å². The van der Waals surface area contributed by atoms with Gasteiger partial charge in [-0.25, -0.2) is 9.78 Å². The molecule has 0 bridgehead atoms. The first-order valence-corrected chi connectivity index (χ1v) is 11.1. The third-order valence-corrected chi connectivity index (χ3v) is 4.95. The number of nitrogens with zero attached hydrogens (tertiary/aromatic N) is 3. The lowest BCUT2D eigenvalue weighted by atomic mass is 10.1. The molecule has 6 heteroatoms. The number of carbonyl (C=O) groups excluding carboxylic acids is 1. The van der Waals surface area contributed by atoms with Gasteiger partial charge in [-0.1, -0.05) is 101 Å². The molecule has 0 spiro atoms. The first-order valence-electron chi connectivity index (χ1n) is 11.1. The summed E-state index contributed by atoms with van der Waals surface area (Å²) in [6, 6.07) is 9.02. The summed E-state index contributed by atoms with van der Waals surface area (Å²) in [6.07, 6.45) is 15.1. The molecule has 0 atom stereocenters. The molecule has 2 amide bonds. The molecule has 29 heavy (non-hydrogen) atoms. The van der Waals surface area contributed by atoms with E-state index in [-0.39, 0.29) is 5.95 Å². The molecule has 0 aliphatic carbocycles. The zero-order valence-electron chi connectivity index (χ0n) is 17.7. The molecule has 0 radical (unpaired) electrons. The molecule has 1 aromatic heterocycles. The molecule has 158 valence electrons. The highest BCUT2D eigenvalue weighted by atomic mass is 16.2. The summed E-state index contributed by atoms with van der Waals surface area (Å²) in [5.74, 6) is 1.46. The van der Waals surface area contributed by atoms with Crippen LogP contribution in [0.1, 0.15) is 83.4 Å². The molecule has 0 saturated carbocycles. The summed E-state index contributed by atoms with van der Waals surface area (Å²) in [7, 11) is 0. The minimum atomic E-state index is -0.671. The van der Waals surface area contributed by atoms with Crippen LogP contribution < -0.4 is 11.1 Å². The van der Waals surface area contributed by atoms with Gasteiger partial charge in [0.1, 0.15) is 5.82 Å². The van der Waals surface area contributed by atoms with Crippen molar-refractivity contribution >= 4 is 12.0 Å². The number of anilines is 1. The van der Waals surface area contributed by atoms with Crippen molar-refractivity contribution < 1.29 is 4.79 Å². The van der Waals surface area contributed by atoms with E-state index in [1.165, 1.54) is 64.2 Å². The van der Waals surface area contributed by atoms with Gasteiger partial charge in [0.25, 0.3) is 0 Å². The molecule has 0 aliphatic rings. The molecule has 1 heterocycles. The fraction of sp³-hybridized carbons (Fsp3) is 0.565. The van der Waals surface area contributed by atoms with E-state index in [1.54, 1.807) is 0 Å². The molecule has 2 rings (SSSR count). The number of amides is 2. The average Bonchev–Trinajstić information content (AvgIpc) is 2.72. The van der Waals surface area contributed by atoms with Gasteiger partial charge in [0.2, 0.25) is 5.95 Å². The number of primary amides is 1. The van der Waals surface area contributed by atoms with Crippen LogP contribution in [0.3, 0.4) is 0 Å². The van der Waals surface area contributed by atoms with Gasteiger partial charge in [0.15, 0.2) is 5.82 Å². The minimum absolute atomic E-state index is 0.212. The number of nitrogens with one attached hydrogen (secondary N) is 1. The molecule has 6 nitrogen and oxygen atoms in total. The number of benzene rings is 1. The van der Waals surface area contributed by atoms with E-state index in [4.69, 9.17) is 5.73 Å². The van der Waals surface area contributed by atoms with Crippen LogP contribution in [-0.4, -0.2) is 21.0 Å². The van der Waals surface area contributed by atoms with Crippen LogP contribution in [-0.2, 0) is 6.42 Å². The fourth-order valence-corrected chi connectivity index (χ4v) is 3.36. The van der Waals surface area contributed by atoms with E-state index in [1.807, 2.05) is 30.3 Å². The second-order valence-corrected chi connectivity index (χ2v) is 7.54. The molecule has 2 aromatic rings. The van der Waals surface area contributed by atoms with Crippen LogP contribution in [0.4, 0.5) is 10.7 Å². The number of nitrogens with two attached hydrogens (primary N) is 1. The van der Waals surface area contributed by atoms with E-state index < -0.39 is 6.03 Å². The smallest absolute Gasteiger partial charge is 0.319 e. The number of urea groups is 1. The van der Waals surface area contributed by atoms with Gasteiger partial charge in [-0.05, 0) is 6.42 Å². The molecular weight excluding hydrogens is 362 g/mol. The number of unbranched alkanes of at least 4 members (excludes halogenated alkanes) is 10. The molecule has 0 unspecified atom stereocenters. The van der Waals surface area contributed by atoms with Gasteiger partial charge < -0.3 is 5.73 Å². The predicted octanol–water partition coefficient (Wildman–Crippen LogP) is 5.88. The van der Waals surface area contributed by atoms with Crippen molar-refractivity contribution in [3.63, 3.8) is 0 Å². The van der Waals surface area contributed by atoms with Crippen molar-refractivity contribution in [3.8, 4) is 11.4 Å². The van der Waals surface area contributed by atoms with Gasteiger partial charge >= 0.3 is 6.03 Å². The monoisotopic (exact) mass is 397 g/mol. The third kappa shape index (κ3) is 9.50. The summed E-state index contributed by atoms with van der Waals surface area (Å²) in [5, 5.41) is 2.47. The largest absolute Gasteiger partial charge is 0.351 e. The highest BCUT2D eigenvalue weighted by Gasteiger charge is 2.09. The summed E-state index contributed by atoms with van der Waals surface area (Å²) in [5.41, 5.74) is 6.12. The Bertz CT molecular complexity index is 720. The SMILES string of the molecule is CCCCCCCCCCCCCc1nc(NC(N)=O)nc(-c2ccccc2)n1. The Balaban J connectivity index is 1.76. The Kier molecular flexibility index (Phi) is 10.7. The molecular formula is C23H35N5O. The maximum absolute atomic E-state index is 11.2. The van der Waals surface area contributed by atoms with Crippen LogP contribution in [0.25, 0.3) is 11.4 Å². The second kappa shape index (κ2) is 13.6. The Morgan fingerprint density at radius 1 is 0.828 bits per heavy atom. The zero-order valence-corrected chi connectivity index (χ0v) is 17.7. The highest BCUT2D eigenvalue weighted by molar-refractivity contribution is 5.85. The zero-order chi connectivity index (χ0) is 20.7. The molecule has 3 N–H and O–H groups in total. The van der Waals surface area contributed by atoms with Crippen molar-refractivity contribution in [3.05, 3.63) is 36.2 Å². The maximum atomic E-state index is 11.2. The van der Waals surface area contributed by atoms with Crippen molar-refractivity contribution in [1.29, 1.82) is 0 Å². The highest BCUT2D eigenvalue weighted by Crippen LogP contribution is 2.17. The Morgan fingerprint density at radius 2 is 1.41 bits per heavy atom. The summed E-state index contributed by atoms with van der Waals surface area (Å²) in [6.45, 7) is 2.26. The summed E-state index contributed by atoms with van der Waals surface area (Å²) in [4.78, 5) is 24.4. The molecule has 0 aliphatic heterocycles. The summed E-state index contributed by atoms with van der Waals surface area (Å²) >= 11 is 0. The second-order valence-electron chi connectivity index (χ2n) is 7.54. The topological polar surface area (TPSA) is 93.8 Å². The number of hydrogen-bond donors (Lipinski definition) is 2. The molecule has 0 fully saturated rings. The van der Waals surface area contributed by atoms with E-state index in [0.29, 0.717) is 11.6 Å². The predicted molar refractivity (Wildman–Crippen MR) is 119 cm³/mol. The number of rotatable bonds is 14. The molecule has 0 saturated heterocycles. The lowest BCUT2D eigenvalue weighted by Crippen LogP contribution is -2.21. The van der Waals surface area contributed by atoms with E-state index in [2.05, 4.69) is 27.2 Å². The summed E-state index contributed by atoms with van der Waals surface area (Å²) < 4.78 is 0. The Morgan fingerprint density at radius 3 is 2.00 bits per heavy atom. The normalized spacial score (nSPS) is 10.8. The van der Waals surface area contributed by atoms with Gasteiger partial charge in [-0.15, -0.1) is 0 Å². The quantitative estimate of drug-likeness (QED) is 0.389. The van der Waals surface area contributed by atoms with Gasteiger partial charge in [0, 0.05) is 12.0 Å². The van der Waals surface area contributed by atoms with Crippen LogP contribution in [0.5, 0.6) is 0 Å². The maximum Gasteiger partial charge on any atom is 0.319 e. The van der Waals surface area contributed by atoms with Crippen LogP contribution >= 0.6 is 0 Å². The minimum Gasteiger partial charge on any atom is -0.351 e. The van der Waals surface area contributed by atoms with Crippen LogP contribution in [0.15, 0.2) is 30.3 Å². The first-order chi connectivity index (χ1) is 14.2. The fourth-order valence-electron chi connectivity index (χ4n) is 3.36. The van der Waals surface area contributed by atoms with E-state index in [0.717, 1.165) is 18.4 Å². The number of aromatic nitrogens is 3. The number of hydrogen-bond acceptors (Lipinski definition) is 4. The van der Waals surface area contributed by atoms with Crippen molar-refractivity contribution in [2.45, 2.75) is 84.0 Å². The van der Waals surface area contributed by atoms with Crippen molar-refractivity contribution in [2.24, 2.45) is 5.73 Å². The van der Waals surface area contributed by atoms with E-state index in [9.17, 15) is 4.79 Å². The third-order valence-electron chi connectivity index (χ3n) is 4.95. The standard InChI is InChI=1S/C23H35N5O/c1-2-3-4-5-6-7-8-9-10-11-15-18-20-25-21(19-16-13-12-14-17-19)27-23(26-20)28-22(24)29/h12-14,16-17H,2-11,15,18H2,1H3,(H3,24,25,26,27,28,29).